The maximum atomic E-state index is 13.7. The summed E-state index contributed by atoms with van der Waals surface area (Å²) in [4.78, 5) is 13.9. The summed E-state index contributed by atoms with van der Waals surface area (Å²) in [5.74, 6) is -0.853. The van der Waals surface area contributed by atoms with Crippen molar-refractivity contribution in [2.24, 2.45) is 5.73 Å². The molecule has 0 unspecified atom stereocenters. The van der Waals surface area contributed by atoms with Crippen LogP contribution in [0.4, 0.5) is 4.39 Å². The Balaban J connectivity index is 2.12. The van der Waals surface area contributed by atoms with Crippen LogP contribution in [0.1, 0.15) is 36.0 Å². The lowest BCUT2D eigenvalue weighted by Crippen LogP contribution is -2.42. The Morgan fingerprint density at radius 3 is 2.63 bits per heavy atom. The minimum atomic E-state index is -0.534. The Morgan fingerprint density at radius 1 is 1.37 bits per heavy atom. The number of nitrogens with two attached hydrogens (primary N) is 1. The largest absolute Gasteiger partial charge is 0.339 e. The number of benzene rings is 1. The number of rotatable bonds is 2. The molecule has 19 heavy (non-hydrogen) atoms. The highest BCUT2D eigenvalue weighted by molar-refractivity contribution is 6.31. The van der Waals surface area contributed by atoms with Crippen molar-refractivity contribution < 1.29 is 9.18 Å². The summed E-state index contributed by atoms with van der Waals surface area (Å²) in [5.41, 5.74) is 5.88. The zero-order chi connectivity index (χ0) is 14.0. The van der Waals surface area contributed by atoms with Gasteiger partial charge in [-0.2, -0.15) is 0 Å². The Bertz CT molecular complexity index is 473. The van der Waals surface area contributed by atoms with Gasteiger partial charge >= 0.3 is 0 Å². The zero-order valence-corrected chi connectivity index (χ0v) is 11.7. The first-order valence-electron chi connectivity index (χ1n) is 6.47. The predicted molar refractivity (Wildman–Crippen MR) is 73.7 cm³/mol. The zero-order valence-electron chi connectivity index (χ0n) is 10.9. The van der Waals surface area contributed by atoms with Crippen molar-refractivity contribution in [2.75, 3.05) is 7.05 Å². The van der Waals surface area contributed by atoms with Gasteiger partial charge in [-0.1, -0.05) is 11.6 Å². The van der Waals surface area contributed by atoms with Gasteiger partial charge in [0.1, 0.15) is 5.82 Å². The number of amides is 1. The number of hydrogen-bond acceptors (Lipinski definition) is 2. The minimum absolute atomic E-state index is 0.0323. The summed E-state index contributed by atoms with van der Waals surface area (Å²) in [6.45, 7) is 0. The molecular weight excluding hydrogens is 267 g/mol. The van der Waals surface area contributed by atoms with Crippen LogP contribution in [0.5, 0.6) is 0 Å². The Morgan fingerprint density at radius 2 is 2.00 bits per heavy atom. The molecule has 1 amide bonds. The molecule has 2 N–H and O–H groups in total. The second-order valence-corrected chi connectivity index (χ2v) is 5.55. The predicted octanol–water partition coefficient (Wildman–Crippen LogP) is 2.82. The van der Waals surface area contributed by atoms with Gasteiger partial charge < -0.3 is 10.6 Å². The molecule has 0 aromatic heterocycles. The lowest BCUT2D eigenvalue weighted by molar-refractivity contribution is 0.0685. The highest BCUT2D eigenvalue weighted by Crippen LogP contribution is 2.24. The second kappa shape index (κ2) is 5.88. The molecule has 1 saturated carbocycles. The van der Waals surface area contributed by atoms with Crippen LogP contribution in [0.2, 0.25) is 5.02 Å². The van der Waals surface area contributed by atoms with Gasteiger partial charge in [-0.25, -0.2) is 4.39 Å². The summed E-state index contributed by atoms with van der Waals surface area (Å²) >= 11 is 5.82. The van der Waals surface area contributed by atoms with Crippen molar-refractivity contribution in [3.63, 3.8) is 0 Å². The molecule has 0 aliphatic heterocycles. The van der Waals surface area contributed by atoms with Crippen LogP contribution < -0.4 is 5.73 Å². The van der Waals surface area contributed by atoms with E-state index >= 15 is 0 Å². The van der Waals surface area contributed by atoms with E-state index < -0.39 is 5.82 Å². The second-order valence-electron chi connectivity index (χ2n) is 5.11. The Hall–Kier alpha value is -1.13. The van der Waals surface area contributed by atoms with Gasteiger partial charge in [0.2, 0.25) is 0 Å². The van der Waals surface area contributed by atoms with Crippen LogP contribution in [-0.2, 0) is 0 Å². The first-order chi connectivity index (χ1) is 8.99. The van der Waals surface area contributed by atoms with E-state index in [4.69, 9.17) is 17.3 Å². The van der Waals surface area contributed by atoms with E-state index in [0.717, 1.165) is 25.7 Å². The van der Waals surface area contributed by atoms with E-state index in [1.54, 1.807) is 11.9 Å². The Labute approximate surface area is 117 Å². The third-order valence-corrected chi connectivity index (χ3v) is 4.00. The molecule has 0 radical (unpaired) electrons. The Kier molecular flexibility index (Phi) is 4.42. The monoisotopic (exact) mass is 284 g/mol. The number of carbonyl (C=O) groups excluding carboxylic acids is 1. The van der Waals surface area contributed by atoms with Gasteiger partial charge in [0, 0.05) is 24.2 Å². The maximum absolute atomic E-state index is 13.7. The lowest BCUT2D eigenvalue weighted by Gasteiger charge is -2.33. The van der Waals surface area contributed by atoms with Crippen molar-refractivity contribution in [1.82, 2.24) is 4.90 Å². The van der Waals surface area contributed by atoms with Crippen LogP contribution in [0.25, 0.3) is 0 Å². The molecule has 0 heterocycles. The lowest BCUT2D eigenvalue weighted by atomic mass is 9.90. The van der Waals surface area contributed by atoms with Crippen LogP contribution in [0.3, 0.4) is 0 Å². The molecule has 104 valence electrons. The molecule has 0 bridgehead atoms. The fraction of sp³-hybridized carbons (Fsp3) is 0.500. The van der Waals surface area contributed by atoms with Crippen molar-refractivity contribution in [2.45, 2.75) is 37.8 Å². The number of halogens is 2. The summed E-state index contributed by atoms with van der Waals surface area (Å²) in [5, 5.41) is 0.365. The number of hydrogen-bond donors (Lipinski definition) is 1. The average Bonchev–Trinajstić information content (AvgIpc) is 2.41. The average molecular weight is 285 g/mol. The SMILES string of the molecule is CN(C(=O)c1cc(Cl)ccc1F)C1CCC(N)CC1. The van der Waals surface area contributed by atoms with Crippen molar-refractivity contribution >= 4 is 17.5 Å². The van der Waals surface area contributed by atoms with E-state index in [2.05, 4.69) is 0 Å². The van der Waals surface area contributed by atoms with Gasteiger partial charge in [0.15, 0.2) is 0 Å². The summed E-state index contributed by atoms with van der Waals surface area (Å²) in [6.07, 6.45) is 3.54. The standard InChI is InChI=1S/C14H18ClFN2O/c1-18(11-5-3-10(17)4-6-11)14(19)12-8-9(15)2-7-13(12)16/h2,7-8,10-11H,3-6,17H2,1H3. The molecule has 5 heteroatoms. The van der Waals surface area contributed by atoms with Gasteiger partial charge in [-0.3, -0.25) is 4.79 Å². The minimum Gasteiger partial charge on any atom is -0.339 e. The molecule has 0 spiro atoms. The molecule has 1 fully saturated rings. The van der Waals surface area contributed by atoms with Crippen molar-refractivity contribution in [3.05, 3.63) is 34.6 Å². The molecule has 0 atom stereocenters. The fourth-order valence-electron chi connectivity index (χ4n) is 2.51. The van der Waals surface area contributed by atoms with Crippen LogP contribution in [-0.4, -0.2) is 29.9 Å². The molecule has 1 aliphatic carbocycles. The normalized spacial score (nSPS) is 23.2. The topological polar surface area (TPSA) is 46.3 Å². The molecular formula is C14H18ClFN2O. The molecule has 2 rings (SSSR count). The van der Waals surface area contributed by atoms with Crippen LogP contribution >= 0.6 is 11.6 Å². The molecule has 1 aromatic rings. The fourth-order valence-corrected chi connectivity index (χ4v) is 2.68. The van der Waals surface area contributed by atoms with Crippen LogP contribution in [0, 0.1) is 5.82 Å². The van der Waals surface area contributed by atoms with Crippen molar-refractivity contribution in [3.8, 4) is 0 Å². The van der Waals surface area contributed by atoms with E-state index in [1.807, 2.05) is 0 Å². The van der Waals surface area contributed by atoms with Gasteiger partial charge in [0.25, 0.3) is 5.91 Å². The first-order valence-corrected chi connectivity index (χ1v) is 6.84. The highest BCUT2D eigenvalue weighted by Gasteiger charge is 2.27. The van der Waals surface area contributed by atoms with Gasteiger partial charge in [0.05, 0.1) is 5.56 Å². The smallest absolute Gasteiger partial charge is 0.256 e. The number of nitrogens with zero attached hydrogens (tertiary/aromatic N) is 1. The van der Waals surface area contributed by atoms with E-state index in [9.17, 15) is 9.18 Å². The third-order valence-electron chi connectivity index (χ3n) is 3.77. The summed E-state index contributed by atoms with van der Waals surface area (Å²) in [6, 6.07) is 4.39. The van der Waals surface area contributed by atoms with E-state index in [1.165, 1.54) is 18.2 Å². The molecule has 1 aliphatic rings. The van der Waals surface area contributed by atoms with Crippen molar-refractivity contribution in [1.29, 1.82) is 0 Å². The van der Waals surface area contributed by atoms with Crippen LogP contribution in [0.15, 0.2) is 18.2 Å². The van der Waals surface area contributed by atoms with Gasteiger partial charge in [-0.05, 0) is 43.9 Å². The number of carbonyl (C=O) groups is 1. The van der Waals surface area contributed by atoms with E-state index in [-0.39, 0.29) is 23.6 Å². The van der Waals surface area contributed by atoms with Gasteiger partial charge in [-0.15, -0.1) is 0 Å². The quantitative estimate of drug-likeness (QED) is 0.908. The summed E-state index contributed by atoms with van der Waals surface area (Å²) < 4.78 is 13.7. The summed E-state index contributed by atoms with van der Waals surface area (Å²) in [7, 11) is 1.71. The first kappa shape index (κ1) is 14.3. The molecule has 0 saturated heterocycles. The third kappa shape index (κ3) is 3.25. The van der Waals surface area contributed by atoms with E-state index in [0.29, 0.717) is 5.02 Å². The maximum Gasteiger partial charge on any atom is 0.256 e. The highest BCUT2D eigenvalue weighted by atomic mass is 35.5. The molecule has 1 aromatic carbocycles. The molecule has 3 nitrogen and oxygen atoms in total.